The van der Waals surface area contributed by atoms with Gasteiger partial charge in [0.2, 0.25) is 0 Å². The highest BCUT2D eigenvalue weighted by atomic mass is 19.4. The monoisotopic (exact) mass is 307 g/mol. The predicted octanol–water partition coefficient (Wildman–Crippen LogP) is 2.93. The third-order valence-corrected chi connectivity index (χ3v) is 3.49. The van der Waals surface area contributed by atoms with Crippen LogP contribution in [0.1, 0.15) is 32.6 Å². The topological polar surface area (TPSA) is 52.3 Å². The Bertz CT molecular complexity index is 343. The summed E-state index contributed by atoms with van der Waals surface area (Å²) in [6.45, 7) is 0.529. The maximum atomic E-state index is 13.1. The van der Waals surface area contributed by atoms with E-state index in [4.69, 9.17) is 5.73 Å². The van der Waals surface area contributed by atoms with Gasteiger partial charge in [-0.3, -0.25) is 4.79 Å². The van der Waals surface area contributed by atoms with Gasteiger partial charge in [-0.15, -0.1) is 0 Å². The molecule has 0 saturated heterocycles. The van der Waals surface area contributed by atoms with Crippen LogP contribution in [0.3, 0.4) is 0 Å². The van der Waals surface area contributed by atoms with Crippen LogP contribution in [0.15, 0.2) is 0 Å². The molecular weight excluding hydrogens is 292 g/mol. The first-order chi connectivity index (χ1) is 8.92. The Labute approximate surface area is 111 Å². The van der Waals surface area contributed by atoms with Gasteiger partial charge in [0, 0.05) is 18.9 Å². The van der Waals surface area contributed by atoms with Gasteiger partial charge in [0.25, 0.3) is 0 Å². The van der Waals surface area contributed by atoms with Gasteiger partial charge in [0.05, 0.1) is 0 Å². The average molecular weight is 307 g/mol. The first-order valence-corrected chi connectivity index (χ1v) is 6.00. The molecule has 0 radical (unpaired) electrons. The molecule has 1 rings (SSSR count). The fraction of sp³-hybridized carbons (Fsp3) is 0.909. The van der Waals surface area contributed by atoms with Gasteiger partial charge in [-0.1, -0.05) is 0 Å². The van der Waals surface area contributed by atoms with Crippen molar-refractivity contribution in [1.82, 2.24) is 0 Å². The lowest BCUT2D eigenvalue weighted by Crippen LogP contribution is -2.64. The molecule has 118 valence electrons. The molecule has 0 aromatic rings. The number of ether oxygens (including phenoxy) is 1. The first kappa shape index (κ1) is 17.1. The summed E-state index contributed by atoms with van der Waals surface area (Å²) in [7, 11) is 0. The maximum absolute atomic E-state index is 13.1. The van der Waals surface area contributed by atoms with Crippen LogP contribution in [0.25, 0.3) is 0 Å². The van der Waals surface area contributed by atoms with E-state index in [0.717, 1.165) is 0 Å². The zero-order valence-electron chi connectivity index (χ0n) is 10.6. The molecule has 1 aliphatic rings. The van der Waals surface area contributed by atoms with Crippen LogP contribution in [0.4, 0.5) is 26.3 Å². The van der Waals surface area contributed by atoms with Gasteiger partial charge in [0.1, 0.15) is 0 Å². The molecule has 9 heteroatoms. The average Bonchev–Trinajstić information content (AvgIpc) is 2.23. The van der Waals surface area contributed by atoms with Gasteiger partial charge in [0.15, 0.2) is 0 Å². The number of esters is 1. The van der Waals surface area contributed by atoms with E-state index in [2.05, 4.69) is 4.74 Å². The van der Waals surface area contributed by atoms with Gasteiger partial charge < -0.3 is 10.5 Å². The van der Waals surface area contributed by atoms with Crippen LogP contribution in [0, 0.1) is 5.92 Å². The molecule has 2 N–H and O–H groups in total. The molecule has 1 fully saturated rings. The van der Waals surface area contributed by atoms with Crippen molar-refractivity contribution in [2.24, 2.45) is 11.7 Å². The molecule has 0 bridgehead atoms. The van der Waals surface area contributed by atoms with E-state index >= 15 is 0 Å². The van der Waals surface area contributed by atoms with Crippen LogP contribution in [-0.4, -0.2) is 30.0 Å². The van der Waals surface area contributed by atoms with Crippen molar-refractivity contribution in [1.29, 1.82) is 0 Å². The number of hydrogen-bond donors (Lipinski definition) is 1. The van der Waals surface area contributed by atoms with E-state index in [1.807, 2.05) is 0 Å². The lowest BCUT2D eigenvalue weighted by Gasteiger charge is -2.44. The first-order valence-electron chi connectivity index (χ1n) is 6.00. The quantitative estimate of drug-likeness (QED) is 0.630. The predicted molar refractivity (Wildman–Crippen MR) is 56.5 cm³/mol. The lowest BCUT2D eigenvalue weighted by molar-refractivity contribution is -0.387. The van der Waals surface area contributed by atoms with Crippen molar-refractivity contribution in [3.63, 3.8) is 0 Å². The van der Waals surface area contributed by atoms with E-state index in [1.165, 1.54) is 0 Å². The Kier molecular flexibility index (Phi) is 4.62. The third-order valence-electron chi connectivity index (χ3n) is 3.49. The number of rotatable bonds is 2. The standard InChI is InChI=1S/C11H15F6NO2/c1-6(19)20-9(10(12,13)14,11(15,16)17)7-2-4-8(18)5-3-7/h7-8H,2-5,18H2,1H3. The van der Waals surface area contributed by atoms with Crippen molar-refractivity contribution < 1.29 is 35.9 Å². The number of nitrogens with two attached hydrogens (primary N) is 1. The van der Waals surface area contributed by atoms with Crippen LogP contribution >= 0.6 is 0 Å². The highest BCUT2D eigenvalue weighted by Gasteiger charge is 2.77. The van der Waals surface area contributed by atoms with E-state index in [1.54, 1.807) is 0 Å². The fourth-order valence-electron chi connectivity index (χ4n) is 2.58. The Hall–Kier alpha value is -0.990. The molecule has 0 aliphatic heterocycles. The summed E-state index contributed by atoms with van der Waals surface area (Å²) in [5.74, 6) is -3.49. The Morgan fingerprint density at radius 2 is 1.40 bits per heavy atom. The summed E-state index contributed by atoms with van der Waals surface area (Å²) in [6, 6.07) is -0.428. The molecule has 1 saturated carbocycles. The number of alkyl halides is 6. The number of carbonyl (C=O) groups is 1. The zero-order chi connectivity index (χ0) is 15.8. The molecule has 0 heterocycles. The minimum absolute atomic E-state index is 0.0276. The van der Waals surface area contributed by atoms with Crippen LogP contribution in [0.5, 0.6) is 0 Å². The van der Waals surface area contributed by atoms with Crippen molar-refractivity contribution in [3.8, 4) is 0 Å². The molecular formula is C11H15F6NO2. The smallest absolute Gasteiger partial charge is 0.437 e. The molecule has 0 unspecified atom stereocenters. The summed E-state index contributed by atoms with van der Waals surface area (Å²) in [5.41, 5.74) is 1.04. The molecule has 20 heavy (non-hydrogen) atoms. The molecule has 0 atom stereocenters. The Morgan fingerprint density at radius 1 is 1.00 bits per heavy atom. The molecule has 0 aromatic carbocycles. The van der Waals surface area contributed by atoms with Crippen LogP contribution in [-0.2, 0) is 9.53 Å². The molecule has 0 aromatic heterocycles. The second-order valence-electron chi connectivity index (χ2n) is 4.94. The van der Waals surface area contributed by atoms with Crippen LogP contribution in [0.2, 0.25) is 0 Å². The van der Waals surface area contributed by atoms with E-state index in [9.17, 15) is 31.1 Å². The largest absolute Gasteiger partial charge is 0.439 e. The van der Waals surface area contributed by atoms with E-state index in [-0.39, 0.29) is 12.8 Å². The summed E-state index contributed by atoms with van der Waals surface area (Å²) in [5, 5.41) is 0. The summed E-state index contributed by atoms with van der Waals surface area (Å²) in [4.78, 5) is 10.8. The number of carbonyl (C=O) groups excluding carboxylic acids is 1. The Balaban J connectivity index is 3.26. The van der Waals surface area contributed by atoms with E-state index in [0.29, 0.717) is 6.92 Å². The lowest BCUT2D eigenvalue weighted by atomic mass is 9.74. The fourth-order valence-corrected chi connectivity index (χ4v) is 2.58. The number of halogens is 6. The SMILES string of the molecule is CC(=O)OC(C1CCC(N)CC1)(C(F)(F)F)C(F)(F)F. The van der Waals surface area contributed by atoms with Crippen molar-refractivity contribution in [3.05, 3.63) is 0 Å². The molecule has 1 aliphatic carbocycles. The van der Waals surface area contributed by atoms with Crippen molar-refractivity contribution in [2.45, 2.75) is 56.6 Å². The van der Waals surface area contributed by atoms with Crippen molar-refractivity contribution in [2.75, 3.05) is 0 Å². The normalized spacial score (nSPS) is 25.4. The van der Waals surface area contributed by atoms with E-state index < -0.39 is 48.7 Å². The highest BCUT2D eigenvalue weighted by Crippen LogP contribution is 2.54. The van der Waals surface area contributed by atoms with Crippen molar-refractivity contribution >= 4 is 5.97 Å². The van der Waals surface area contributed by atoms with Gasteiger partial charge in [-0.25, -0.2) is 0 Å². The minimum Gasteiger partial charge on any atom is -0.439 e. The number of hydrogen-bond acceptors (Lipinski definition) is 3. The van der Waals surface area contributed by atoms with Gasteiger partial charge in [-0.05, 0) is 25.7 Å². The van der Waals surface area contributed by atoms with Gasteiger partial charge >= 0.3 is 23.9 Å². The Morgan fingerprint density at radius 3 is 1.70 bits per heavy atom. The third kappa shape index (κ3) is 3.02. The summed E-state index contributed by atoms with van der Waals surface area (Å²) >= 11 is 0. The second-order valence-corrected chi connectivity index (χ2v) is 4.94. The highest BCUT2D eigenvalue weighted by molar-refractivity contribution is 5.67. The molecule has 0 amide bonds. The summed E-state index contributed by atoms with van der Waals surface area (Å²) in [6.07, 6.45) is -12.2. The molecule has 3 nitrogen and oxygen atoms in total. The molecule has 0 spiro atoms. The second kappa shape index (κ2) is 5.42. The zero-order valence-corrected chi connectivity index (χ0v) is 10.6. The summed E-state index contributed by atoms with van der Waals surface area (Å²) < 4.78 is 82.3. The van der Waals surface area contributed by atoms with Crippen LogP contribution < -0.4 is 5.73 Å². The van der Waals surface area contributed by atoms with Gasteiger partial charge in [-0.2, -0.15) is 26.3 Å². The maximum Gasteiger partial charge on any atom is 0.437 e. The minimum atomic E-state index is -5.73.